The number of carbonyl (C=O) groups excluding carboxylic acids is 1. The molecule has 0 saturated heterocycles. The van der Waals surface area contributed by atoms with Crippen LogP contribution in [-0.4, -0.2) is 34.7 Å². The second-order valence-electron chi connectivity index (χ2n) is 6.07. The number of allylic oxidation sites excluding steroid dienone is 3. The molecule has 0 aliphatic heterocycles. The van der Waals surface area contributed by atoms with E-state index in [2.05, 4.69) is 20.9 Å². The zero-order chi connectivity index (χ0) is 19.1. The molecular formula is C17H17BrN2O5S. The molecule has 26 heavy (non-hydrogen) atoms. The Kier molecular flexibility index (Phi) is 4.70. The van der Waals surface area contributed by atoms with Gasteiger partial charge in [0, 0.05) is 16.1 Å². The minimum Gasteiger partial charge on any atom is -0.461 e. The van der Waals surface area contributed by atoms with Gasteiger partial charge in [-0.3, -0.25) is 4.79 Å². The smallest absolute Gasteiger partial charge is 0.356 e. The van der Waals surface area contributed by atoms with Crippen LogP contribution < -0.4 is 5.56 Å². The highest BCUT2D eigenvalue weighted by molar-refractivity contribution is 9.11. The van der Waals surface area contributed by atoms with Crippen LogP contribution in [0.2, 0.25) is 0 Å². The summed E-state index contributed by atoms with van der Waals surface area (Å²) in [6.07, 6.45) is 6.51. The zero-order valence-electron chi connectivity index (χ0n) is 14.2. The number of H-pyrrole nitrogens is 1. The van der Waals surface area contributed by atoms with Crippen LogP contribution in [0.1, 0.15) is 30.8 Å². The molecule has 0 amide bonds. The van der Waals surface area contributed by atoms with Gasteiger partial charge in [0.25, 0.3) is 5.56 Å². The number of esters is 1. The van der Waals surface area contributed by atoms with E-state index < -0.39 is 26.3 Å². The van der Waals surface area contributed by atoms with Gasteiger partial charge in [0.1, 0.15) is 16.0 Å². The maximum atomic E-state index is 13.5. The van der Waals surface area contributed by atoms with E-state index >= 15 is 0 Å². The molecule has 2 aromatic heterocycles. The van der Waals surface area contributed by atoms with Crippen LogP contribution in [0.4, 0.5) is 0 Å². The summed E-state index contributed by atoms with van der Waals surface area (Å²) in [4.78, 5) is 27.2. The van der Waals surface area contributed by atoms with E-state index in [9.17, 15) is 18.0 Å². The van der Waals surface area contributed by atoms with Gasteiger partial charge in [0.15, 0.2) is 0 Å². The number of pyridine rings is 1. The predicted molar refractivity (Wildman–Crippen MR) is 102 cm³/mol. The van der Waals surface area contributed by atoms with Crippen molar-refractivity contribution in [3.8, 4) is 0 Å². The summed E-state index contributed by atoms with van der Waals surface area (Å²) in [5, 5.41) is 0.348. The van der Waals surface area contributed by atoms with E-state index in [-0.39, 0.29) is 24.2 Å². The summed E-state index contributed by atoms with van der Waals surface area (Å²) in [7, 11) is -4.14. The van der Waals surface area contributed by atoms with Crippen LogP contribution in [-0.2, 0) is 14.8 Å². The number of nitrogens with zero attached hydrogens (tertiary/aromatic N) is 1. The molecule has 3 rings (SSSR count). The molecule has 138 valence electrons. The van der Waals surface area contributed by atoms with Gasteiger partial charge in [-0.05, 0) is 32.4 Å². The first-order valence-electron chi connectivity index (χ1n) is 7.91. The minimum atomic E-state index is -4.14. The fourth-order valence-electron chi connectivity index (χ4n) is 2.83. The maximum Gasteiger partial charge on any atom is 0.356 e. The number of aromatic nitrogens is 2. The maximum absolute atomic E-state index is 13.5. The van der Waals surface area contributed by atoms with Crippen LogP contribution in [0, 0.1) is 0 Å². The fraction of sp³-hybridized carbons (Fsp3) is 0.294. The Morgan fingerprint density at radius 1 is 1.46 bits per heavy atom. The number of carbonyl (C=O) groups is 1. The number of aromatic amines is 1. The highest BCUT2D eigenvalue weighted by atomic mass is 79.9. The molecule has 0 spiro atoms. The van der Waals surface area contributed by atoms with Gasteiger partial charge in [-0.2, -0.15) is 0 Å². The van der Waals surface area contributed by atoms with Crippen LogP contribution in [0.25, 0.3) is 10.9 Å². The summed E-state index contributed by atoms with van der Waals surface area (Å²) >= 11 is 3.31. The van der Waals surface area contributed by atoms with Crippen LogP contribution in [0.5, 0.6) is 0 Å². The van der Waals surface area contributed by atoms with Gasteiger partial charge in [-0.15, -0.1) is 0 Å². The molecule has 0 saturated carbocycles. The lowest BCUT2D eigenvalue weighted by Gasteiger charge is -2.28. The van der Waals surface area contributed by atoms with Crippen molar-refractivity contribution < 1.29 is 17.9 Å². The molecule has 2 aromatic rings. The number of rotatable bonds is 4. The SMILES string of the molecule is CCOC(=O)c1cc2cc[nH]c(=O)c2n1S(=O)(=O)C1(C)C=CC(Br)=CC1. The van der Waals surface area contributed by atoms with Crippen molar-refractivity contribution in [2.45, 2.75) is 25.0 Å². The molecule has 0 fully saturated rings. The van der Waals surface area contributed by atoms with E-state index in [1.165, 1.54) is 12.3 Å². The normalized spacial score (nSPS) is 20.2. The number of nitrogens with one attached hydrogen (secondary N) is 1. The average Bonchev–Trinajstić information content (AvgIpc) is 2.99. The van der Waals surface area contributed by atoms with E-state index in [1.54, 1.807) is 38.1 Å². The van der Waals surface area contributed by atoms with Gasteiger partial charge in [-0.25, -0.2) is 17.2 Å². The summed E-state index contributed by atoms with van der Waals surface area (Å²) in [5.74, 6) is -0.799. The Morgan fingerprint density at radius 2 is 2.19 bits per heavy atom. The van der Waals surface area contributed by atoms with E-state index in [0.29, 0.717) is 5.39 Å². The Balaban J connectivity index is 2.33. The first-order valence-corrected chi connectivity index (χ1v) is 10.1. The fourth-order valence-corrected chi connectivity index (χ4v) is 4.89. The summed E-state index contributed by atoms with van der Waals surface area (Å²) in [6, 6.07) is 2.91. The molecule has 1 N–H and O–H groups in total. The van der Waals surface area contributed by atoms with Crippen molar-refractivity contribution in [1.29, 1.82) is 0 Å². The standard InChI is InChI=1S/C17H17BrN2O5S/c1-3-25-16(22)13-10-11-6-9-19-15(21)14(11)20(13)26(23,24)17(2)7-4-12(18)5-8-17/h4-7,9-10H,3,8H2,1-2H3,(H,19,21). The van der Waals surface area contributed by atoms with Gasteiger partial charge in [0.05, 0.1) is 6.61 Å². The van der Waals surface area contributed by atoms with E-state index in [1.807, 2.05) is 0 Å². The Morgan fingerprint density at radius 3 is 2.81 bits per heavy atom. The first-order chi connectivity index (χ1) is 12.2. The second-order valence-corrected chi connectivity index (χ2v) is 9.23. The van der Waals surface area contributed by atoms with E-state index in [4.69, 9.17) is 4.74 Å². The third-order valence-electron chi connectivity index (χ3n) is 4.29. The zero-order valence-corrected chi connectivity index (χ0v) is 16.6. The lowest BCUT2D eigenvalue weighted by Crippen LogP contribution is -2.40. The molecule has 7 nitrogen and oxygen atoms in total. The number of hydrogen-bond acceptors (Lipinski definition) is 5. The van der Waals surface area contributed by atoms with Crippen molar-refractivity contribution in [2.24, 2.45) is 0 Å². The second kappa shape index (κ2) is 6.55. The molecule has 1 aliphatic rings. The quantitative estimate of drug-likeness (QED) is 0.736. The Bertz CT molecular complexity index is 1110. The predicted octanol–water partition coefficient (Wildman–Crippen LogP) is 2.68. The molecule has 1 atom stereocenters. The molecule has 1 aliphatic carbocycles. The summed E-state index contributed by atoms with van der Waals surface area (Å²) < 4.78 is 32.2. The van der Waals surface area contributed by atoms with Gasteiger partial charge < -0.3 is 9.72 Å². The highest BCUT2D eigenvalue weighted by Crippen LogP contribution is 2.34. The topological polar surface area (TPSA) is 98.2 Å². The third-order valence-corrected chi connectivity index (χ3v) is 7.22. The largest absolute Gasteiger partial charge is 0.461 e. The molecule has 2 heterocycles. The molecule has 9 heteroatoms. The van der Waals surface area contributed by atoms with Gasteiger partial charge in [-0.1, -0.05) is 34.2 Å². The molecule has 0 aromatic carbocycles. The highest BCUT2D eigenvalue weighted by Gasteiger charge is 2.42. The van der Waals surface area contributed by atoms with Crippen molar-refractivity contribution in [2.75, 3.05) is 6.61 Å². The summed E-state index contributed by atoms with van der Waals surface area (Å²) in [6.45, 7) is 3.26. The number of hydrogen-bond donors (Lipinski definition) is 1. The van der Waals surface area contributed by atoms with Crippen molar-refractivity contribution in [1.82, 2.24) is 8.96 Å². The average molecular weight is 441 g/mol. The minimum absolute atomic E-state index is 0.0869. The van der Waals surface area contributed by atoms with Crippen molar-refractivity contribution >= 4 is 42.8 Å². The molecule has 1 unspecified atom stereocenters. The van der Waals surface area contributed by atoms with Crippen LogP contribution >= 0.6 is 15.9 Å². The Hall–Kier alpha value is -2.13. The molecular weight excluding hydrogens is 424 g/mol. The van der Waals surface area contributed by atoms with Gasteiger partial charge >= 0.3 is 5.97 Å². The summed E-state index contributed by atoms with van der Waals surface area (Å²) in [5.41, 5.74) is -0.887. The Labute approximate surface area is 158 Å². The first kappa shape index (κ1) is 18.7. The lowest BCUT2D eigenvalue weighted by atomic mass is 10.0. The molecule has 0 bridgehead atoms. The lowest BCUT2D eigenvalue weighted by molar-refractivity contribution is 0.0518. The number of halogens is 1. The van der Waals surface area contributed by atoms with Crippen molar-refractivity contribution in [3.05, 3.63) is 57.1 Å². The van der Waals surface area contributed by atoms with Crippen LogP contribution in [0.3, 0.4) is 0 Å². The number of fused-ring (bicyclic) bond motifs is 1. The monoisotopic (exact) mass is 440 g/mol. The third kappa shape index (κ3) is 2.84. The van der Waals surface area contributed by atoms with Crippen molar-refractivity contribution in [3.63, 3.8) is 0 Å². The van der Waals surface area contributed by atoms with Gasteiger partial charge in [0.2, 0.25) is 10.0 Å². The van der Waals surface area contributed by atoms with Crippen LogP contribution in [0.15, 0.2) is 45.8 Å². The number of ether oxygens (including phenoxy) is 1. The van der Waals surface area contributed by atoms with E-state index in [0.717, 1.165) is 8.45 Å². The molecule has 0 radical (unpaired) electrons.